The number of allylic oxidation sites excluding steroid dienone is 4. The van der Waals surface area contributed by atoms with Crippen molar-refractivity contribution < 1.29 is 0 Å². The highest BCUT2D eigenvalue weighted by molar-refractivity contribution is 6.13. The van der Waals surface area contributed by atoms with Gasteiger partial charge >= 0.3 is 0 Å². The van der Waals surface area contributed by atoms with Gasteiger partial charge in [0.15, 0.2) is 0 Å². The van der Waals surface area contributed by atoms with Crippen LogP contribution in [-0.4, -0.2) is 4.57 Å². The Balaban J connectivity index is 1.30. The maximum absolute atomic E-state index is 2.53. The zero-order valence-electron chi connectivity index (χ0n) is 27.1. The lowest BCUT2D eigenvalue weighted by molar-refractivity contribution is 0.666. The minimum atomic E-state index is -0.394. The third kappa shape index (κ3) is 4.01. The molecule has 2 heteroatoms. The number of fused-ring (bicyclic) bond motifs is 6. The Kier molecular flexibility index (Phi) is 6.25. The molecule has 1 aromatic heterocycles. The summed E-state index contributed by atoms with van der Waals surface area (Å²) in [5.74, 6) is 0. The average molecular weight is 627 g/mol. The van der Waals surface area contributed by atoms with E-state index in [0.717, 1.165) is 24.2 Å². The van der Waals surface area contributed by atoms with Crippen molar-refractivity contribution in [3.05, 3.63) is 204 Å². The monoisotopic (exact) mass is 626 g/mol. The topological polar surface area (TPSA) is 8.17 Å². The molecule has 49 heavy (non-hydrogen) atoms. The quantitative estimate of drug-likeness (QED) is 0.185. The van der Waals surface area contributed by atoms with Crippen LogP contribution in [0.15, 0.2) is 188 Å². The summed E-state index contributed by atoms with van der Waals surface area (Å²) in [5, 5.41) is 5.00. The summed E-state index contributed by atoms with van der Waals surface area (Å²) >= 11 is 0. The summed E-state index contributed by atoms with van der Waals surface area (Å²) < 4.78 is 2.53. The molecule has 2 heterocycles. The molecule has 0 amide bonds. The van der Waals surface area contributed by atoms with Crippen LogP contribution in [0.1, 0.15) is 29.5 Å². The Bertz CT molecular complexity index is 2600. The lowest BCUT2D eigenvalue weighted by atomic mass is 9.61. The highest BCUT2D eigenvalue weighted by Gasteiger charge is 2.46. The third-order valence-corrected chi connectivity index (χ3v) is 10.7. The lowest BCUT2D eigenvalue weighted by Gasteiger charge is -2.43. The molecule has 10 rings (SSSR count). The van der Waals surface area contributed by atoms with Crippen LogP contribution in [0.4, 0.5) is 17.1 Å². The molecule has 0 saturated heterocycles. The van der Waals surface area contributed by atoms with Gasteiger partial charge in [-0.25, -0.2) is 0 Å². The Morgan fingerprint density at radius 3 is 2.12 bits per heavy atom. The third-order valence-electron chi connectivity index (χ3n) is 10.7. The van der Waals surface area contributed by atoms with E-state index in [0.29, 0.717) is 0 Å². The number of rotatable bonds is 5. The number of benzene rings is 7. The van der Waals surface area contributed by atoms with Crippen LogP contribution in [0, 0.1) is 0 Å². The van der Waals surface area contributed by atoms with Gasteiger partial charge in [0.05, 0.1) is 27.8 Å². The van der Waals surface area contributed by atoms with Crippen molar-refractivity contribution >= 4 is 49.6 Å². The Hall–Kier alpha value is -6.12. The normalized spacial score (nSPS) is 16.5. The minimum absolute atomic E-state index is 0.394. The van der Waals surface area contributed by atoms with Crippen LogP contribution >= 0.6 is 0 Å². The zero-order chi connectivity index (χ0) is 32.4. The van der Waals surface area contributed by atoms with Crippen molar-refractivity contribution in [3.8, 4) is 5.69 Å². The Labute approximate surface area is 286 Å². The van der Waals surface area contributed by atoms with E-state index in [1.165, 1.54) is 66.2 Å². The number of hydrogen-bond acceptors (Lipinski definition) is 1. The van der Waals surface area contributed by atoms with E-state index < -0.39 is 5.41 Å². The van der Waals surface area contributed by atoms with Crippen LogP contribution in [0.3, 0.4) is 0 Å². The largest absolute Gasteiger partial charge is 0.310 e. The van der Waals surface area contributed by atoms with Crippen molar-refractivity contribution in [1.29, 1.82) is 0 Å². The van der Waals surface area contributed by atoms with Gasteiger partial charge in [0, 0.05) is 27.5 Å². The molecule has 0 fully saturated rings. The molecule has 1 unspecified atom stereocenters. The first-order valence-electron chi connectivity index (χ1n) is 17.3. The number of nitrogens with zero attached hydrogens (tertiary/aromatic N) is 2. The van der Waals surface area contributed by atoms with Gasteiger partial charge in [-0.1, -0.05) is 145 Å². The molecular weight excluding hydrogens is 593 g/mol. The van der Waals surface area contributed by atoms with E-state index in [-0.39, 0.29) is 0 Å². The Morgan fingerprint density at radius 2 is 1.27 bits per heavy atom. The molecule has 0 N–H and O–H groups in total. The summed E-state index contributed by atoms with van der Waals surface area (Å²) in [4.78, 5) is 2.41. The molecule has 7 aromatic carbocycles. The predicted octanol–water partition coefficient (Wildman–Crippen LogP) is 12.3. The first-order valence-corrected chi connectivity index (χ1v) is 17.3. The fourth-order valence-electron chi connectivity index (χ4n) is 8.73. The van der Waals surface area contributed by atoms with Gasteiger partial charge in [-0.05, 0) is 77.4 Å². The second-order valence-electron chi connectivity index (χ2n) is 13.2. The lowest BCUT2D eigenvalue weighted by Crippen LogP contribution is -2.36. The molecule has 2 aliphatic rings. The Morgan fingerprint density at radius 1 is 0.551 bits per heavy atom. The summed E-state index contributed by atoms with van der Waals surface area (Å²) in [7, 11) is 0. The SMILES string of the molecule is C1=CCCC(C2(c3ccccc3)c3ccccc3-n3c4ccc(N(c5ccccc5)c5cccc6ccccc56)cc4c4cccc2c43)=C1. The standard InChI is InChI=1S/C47H34N2/c1-4-18-34(19-5-1)47(35-20-6-2-7-21-35)41-26-12-13-28-45(41)49-44-31-30-37(32-40(44)39-25-15-27-42(47)46(39)49)48(36-22-8-3-9-23-36)43-29-14-17-33-16-10-11-24-38(33)43/h1-6,8-20,22-32H,7,21H2. The van der Waals surface area contributed by atoms with Gasteiger partial charge in [0.1, 0.15) is 0 Å². The van der Waals surface area contributed by atoms with Crippen LogP contribution in [0.5, 0.6) is 0 Å². The van der Waals surface area contributed by atoms with Gasteiger partial charge in [0.2, 0.25) is 0 Å². The first-order chi connectivity index (χ1) is 24.3. The van der Waals surface area contributed by atoms with Crippen LogP contribution < -0.4 is 4.90 Å². The summed E-state index contributed by atoms with van der Waals surface area (Å²) in [6.45, 7) is 0. The molecule has 0 saturated carbocycles. The molecule has 1 aliphatic heterocycles. The molecule has 2 nitrogen and oxygen atoms in total. The van der Waals surface area contributed by atoms with Gasteiger partial charge in [-0.3, -0.25) is 0 Å². The number of para-hydroxylation sites is 3. The predicted molar refractivity (Wildman–Crippen MR) is 206 cm³/mol. The van der Waals surface area contributed by atoms with E-state index in [1.54, 1.807) is 0 Å². The second-order valence-corrected chi connectivity index (χ2v) is 13.2. The second kappa shape index (κ2) is 11.0. The minimum Gasteiger partial charge on any atom is -0.310 e. The molecule has 0 radical (unpaired) electrons. The highest BCUT2D eigenvalue weighted by atomic mass is 15.1. The number of aromatic nitrogens is 1. The molecular formula is C47H34N2. The van der Waals surface area contributed by atoms with Crippen LogP contribution in [-0.2, 0) is 5.41 Å². The summed E-state index contributed by atoms with van der Waals surface area (Å²) in [5.41, 5.74) is 12.3. The molecule has 232 valence electrons. The van der Waals surface area contributed by atoms with Gasteiger partial charge in [-0.15, -0.1) is 0 Å². The summed E-state index contributed by atoms with van der Waals surface area (Å²) in [6, 6.07) is 60.4. The summed E-state index contributed by atoms with van der Waals surface area (Å²) in [6.07, 6.45) is 9.01. The molecule has 0 spiro atoms. The first kappa shape index (κ1) is 27.9. The van der Waals surface area contributed by atoms with Crippen LogP contribution in [0.2, 0.25) is 0 Å². The number of hydrogen-bond donors (Lipinski definition) is 0. The molecule has 0 bridgehead atoms. The van der Waals surface area contributed by atoms with E-state index >= 15 is 0 Å². The number of anilines is 3. The fraction of sp³-hybridized carbons (Fsp3) is 0.0638. The van der Waals surface area contributed by atoms with E-state index in [9.17, 15) is 0 Å². The van der Waals surface area contributed by atoms with Crippen molar-refractivity contribution in [1.82, 2.24) is 4.57 Å². The van der Waals surface area contributed by atoms with Gasteiger partial charge < -0.3 is 9.47 Å². The van der Waals surface area contributed by atoms with Crippen LogP contribution in [0.25, 0.3) is 38.3 Å². The molecule has 1 aliphatic carbocycles. The maximum atomic E-state index is 2.53. The van der Waals surface area contributed by atoms with Crippen molar-refractivity contribution in [3.63, 3.8) is 0 Å². The van der Waals surface area contributed by atoms with E-state index in [2.05, 4.69) is 191 Å². The van der Waals surface area contributed by atoms with Crippen molar-refractivity contribution in [2.75, 3.05) is 4.90 Å². The maximum Gasteiger partial charge on any atom is 0.0705 e. The highest BCUT2D eigenvalue weighted by Crippen LogP contribution is 2.56. The van der Waals surface area contributed by atoms with Gasteiger partial charge in [-0.2, -0.15) is 0 Å². The van der Waals surface area contributed by atoms with Gasteiger partial charge in [0.25, 0.3) is 0 Å². The fourth-order valence-corrected chi connectivity index (χ4v) is 8.73. The van der Waals surface area contributed by atoms with Crippen molar-refractivity contribution in [2.24, 2.45) is 0 Å². The molecule has 1 atom stereocenters. The van der Waals surface area contributed by atoms with Crippen molar-refractivity contribution in [2.45, 2.75) is 18.3 Å². The molecule has 8 aromatic rings. The average Bonchev–Trinajstić information content (AvgIpc) is 3.51. The smallest absolute Gasteiger partial charge is 0.0705 e. The zero-order valence-corrected chi connectivity index (χ0v) is 27.1. The van der Waals surface area contributed by atoms with E-state index in [4.69, 9.17) is 0 Å². The van der Waals surface area contributed by atoms with E-state index in [1.807, 2.05) is 0 Å².